The number of benzene rings is 1. The van der Waals surface area contributed by atoms with E-state index in [0.717, 1.165) is 5.06 Å². The number of rotatable bonds is 7. The van der Waals surface area contributed by atoms with Crippen molar-refractivity contribution in [3.63, 3.8) is 0 Å². The summed E-state index contributed by atoms with van der Waals surface area (Å²) in [6.45, 7) is 15.9. The Bertz CT molecular complexity index is 806. The van der Waals surface area contributed by atoms with Gasteiger partial charge in [0.15, 0.2) is 8.32 Å². The van der Waals surface area contributed by atoms with Crippen LogP contribution in [0.4, 0.5) is 4.79 Å². The predicted octanol–water partition coefficient (Wildman–Crippen LogP) is 4.13. The first-order chi connectivity index (χ1) is 14.1. The molecule has 0 fully saturated rings. The number of hydroxylamine groups is 2. The second-order valence-corrected chi connectivity index (χ2v) is 15.0. The van der Waals surface area contributed by atoms with Gasteiger partial charge >= 0.3 is 6.09 Å². The zero-order chi connectivity index (χ0) is 23.6. The van der Waals surface area contributed by atoms with Gasteiger partial charge in [0.2, 0.25) is 0 Å². The monoisotopic (exact) mass is 450 g/mol. The Kier molecular flexibility index (Phi) is 7.34. The van der Waals surface area contributed by atoms with Gasteiger partial charge in [-0.05, 0) is 51.0 Å². The Morgan fingerprint density at radius 1 is 1.00 bits per heavy atom. The van der Waals surface area contributed by atoms with Crippen molar-refractivity contribution >= 4 is 26.2 Å². The zero-order valence-electron chi connectivity index (χ0n) is 19.7. The highest BCUT2D eigenvalue weighted by molar-refractivity contribution is 6.74. The number of nitrogens with one attached hydrogen (secondary N) is 1. The lowest BCUT2D eigenvalue weighted by atomic mass is 10.1. The van der Waals surface area contributed by atoms with Gasteiger partial charge in [0, 0.05) is 0 Å². The highest BCUT2D eigenvalue weighted by atomic mass is 28.4. The third-order valence-electron chi connectivity index (χ3n) is 5.33. The van der Waals surface area contributed by atoms with E-state index in [9.17, 15) is 14.4 Å². The van der Waals surface area contributed by atoms with E-state index in [1.165, 1.54) is 0 Å². The summed E-state index contributed by atoms with van der Waals surface area (Å²) < 4.78 is 11.6. The van der Waals surface area contributed by atoms with Crippen LogP contribution in [0.5, 0.6) is 0 Å². The molecule has 1 atom stereocenters. The molecule has 8 nitrogen and oxygen atoms in total. The fourth-order valence-electron chi connectivity index (χ4n) is 2.58. The van der Waals surface area contributed by atoms with E-state index >= 15 is 0 Å². The van der Waals surface area contributed by atoms with Crippen LogP contribution in [0.15, 0.2) is 24.3 Å². The van der Waals surface area contributed by atoms with Crippen LogP contribution in [-0.2, 0) is 14.0 Å². The summed E-state index contributed by atoms with van der Waals surface area (Å²) in [4.78, 5) is 42.9. The molecule has 3 amide bonds. The maximum atomic E-state index is 12.5. The average molecular weight is 451 g/mol. The van der Waals surface area contributed by atoms with E-state index < -0.39 is 37.9 Å². The van der Waals surface area contributed by atoms with Crippen molar-refractivity contribution in [3.8, 4) is 0 Å². The van der Waals surface area contributed by atoms with Crippen LogP contribution in [0.1, 0.15) is 62.3 Å². The summed E-state index contributed by atoms with van der Waals surface area (Å²) in [7, 11) is -2.10. The topological polar surface area (TPSA) is 94.2 Å². The quantitative estimate of drug-likeness (QED) is 0.496. The van der Waals surface area contributed by atoms with E-state index in [4.69, 9.17) is 14.0 Å². The molecular formula is C22H34N2O6Si. The molecule has 0 aromatic heterocycles. The zero-order valence-corrected chi connectivity index (χ0v) is 20.7. The molecule has 1 aromatic carbocycles. The third kappa shape index (κ3) is 6.38. The lowest BCUT2D eigenvalue weighted by Crippen LogP contribution is -2.49. The Morgan fingerprint density at radius 2 is 1.52 bits per heavy atom. The minimum atomic E-state index is -2.10. The molecule has 1 aromatic rings. The summed E-state index contributed by atoms with van der Waals surface area (Å²) in [6, 6.07) is 5.92. The molecule has 1 N–H and O–H groups in total. The number of nitrogens with zero attached hydrogens (tertiary/aromatic N) is 1. The number of fused-ring (bicyclic) bond motifs is 1. The van der Waals surface area contributed by atoms with Crippen LogP contribution in [0.2, 0.25) is 18.1 Å². The van der Waals surface area contributed by atoms with E-state index in [1.54, 1.807) is 45.0 Å². The molecular weight excluding hydrogens is 416 g/mol. The molecule has 1 aliphatic heterocycles. The fraction of sp³-hybridized carbons (Fsp3) is 0.591. The molecule has 0 aliphatic carbocycles. The van der Waals surface area contributed by atoms with E-state index in [0.29, 0.717) is 11.1 Å². The summed E-state index contributed by atoms with van der Waals surface area (Å²) in [5.74, 6) is -1.05. The Labute approximate surface area is 185 Å². The smallest absolute Gasteiger partial charge is 0.408 e. The molecule has 172 valence electrons. The lowest BCUT2D eigenvalue weighted by molar-refractivity contribution is -0.100. The highest BCUT2D eigenvalue weighted by Gasteiger charge is 2.39. The first kappa shape index (κ1) is 25.0. The van der Waals surface area contributed by atoms with Crippen molar-refractivity contribution in [2.45, 2.75) is 71.3 Å². The summed E-state index contributed by atoms with van der Waals surface area (Å²) in [5.41, 5.74) is -0.0819. The van der Waals surface area contributed by atoms with Gasteiger partial charge in [-0.2, -0.15) is 0 Å². The summed E-state index contributed by atoms with van der Waals surface area (Å²) in [5, 5.41) is 3.45. The molecule has 31 heavy (non-hydrogen) atoms. The number of hydrogen-bond donors (Lipinski definition) is 1. The second kappa shape index (κ2) is 9.10. The number of alkyl carbamates (subject to hydrolysis) is 1. The number of ether oxygens (including phenoxy) is 1. The Morgan fingerprint density at radius 3 is 1.97 bits per heavy atom. The maximum Gasteiger partial charge on any atom is 0.408 e. The molecule has 1 aliphatic rings. The van der Waals surface area contributed by atoms with Crippen molar-refractivity contribution in [1.82, 2.24) is 10.4 Å². The van der Waals surface area contributed by atoms with E-state index in [1.807, 2.05) is 0 Å². The van der Waals surface area contributed by atoms with Crippen LogP contribution in [0, 0.1) is 0 Å². The standard InChI is InChI=1S/C22H34N2O6Si/c1-21(2,3)30-20(27)23-15(14-29-31(7,8)22(4,5)6)13-28-24-18(25)16-11-9-10-12-17(16)19(24)26/h9-12,15H,13-14H2,1-8H3,(H,23,27). The molecule has 1 heterocycles. The molecule has 0 saturated heterocycles. The van der Waals surface area contributed by atoms with Crippen molar-refractivity contribution in [3.05, 3.63) is 35.4 Å². The van der Waals surface area contributed by atoms with Crippen molar-refractivity contribution in [2.75, 3.05) is 13.2 Å². The highest BCUT2D eigenvalue weighted by Crippen LogP contribution is 2.36. The molecule has 9 heteroatoms. The van der Waals surface area contributed by atoms with Crippen LogP contribution in [0.25, 0.3) is 0 Å². The Hall–Kier alpha value is -2.23. The van der Waals surface area contributed by atoms with E-state index in [-0.39, 0.29) is 18.3 Å². The van der Waals surface area contributed by atoms with Crippen molar-refractivity contribution in [2.24, 2.45) is 0 Å². The van der Waals surface area contributed by atoms with Crippen molar-refractivity contribution in [1.29, 1.82) is 0 Å². The number of carbonyl (C=O) groups excluding carboxylic acids is 3. The first-order valence-electron chi connectivity index (χ1n) is 10.4. The lowest BCUT2D eigenvalue weighted by Gasteiger charge is -2.37. The van der Waals surface area contributed by atoms with Gasteiger partial charge in [-0.3, -0.25) is 14.4 Å². The van der Waals surface area contributed by atoms with Crippen LogP contribution in [0.3, 0.4) is 0 Å². The van der Waals surface area contributed by atoms with Gasteiger partial charge in [-0.1, -0.05) is 32.9 Å². The first-order valence-corrected chi connectivity index (χ1v) is 13.3. The molecule has 2 rings (SSSR count). The normalized spacial score (nSPS) is 15.7. The number of hydrogen-bond acceptors (Lipinski definition) is 6. The fourth-order valence-corrected chi connectivity index (χ4v) is 3.63. The Balaban J connectivity index is 2.09. The minimum Gasteiger partial charge on any atom is -0.444 e. The minimum absolute atomic E-state index is 0.0210. The number of carbonyl (C=O) groups is 3. The van der Waals surface area contributed by atoms with Gasteiger partial charge in [-0.25, -0.2) is 4.79 Å². The molecule has 0 bridgehead atoms. The second-order valence-electron chi connectivity index (χ2n) is 10.2. The van der Waals surface area contributed by atoms with Crippen LogP contribution >= 0.6 is 0 Å². The van der Waals surface area contributed by atoms with Crippen molar-refractivity contribution < 1.29 is 28.4 Å². The molecule has 0 radical (unpaired) electrons. The SMILES string of the molecule is CC(C)(C)OC(=O)NC(CON1C(=O)c2ccccc2C1=O)CO[Si](C)(C)C(C)(C)C. The van der Waals surface area contributed by atoms with Gasteiger partial charge in [-0.15, -0.1) is 5.06 Å². The van der Waals surface area contributed by atoms with E-state index in [2.05, 4.69) is 39.2 Å². The van der Waals surface area contributed by atoms with Crippen LogP contribution < -0.4 is 5.32 Å². The summed E-state index contributed by atoms with van der Waals surface area (Å²) in [6.07, 6.45) is -0.623. The van der Waals surface area contributed by atoms with Gasteiger partial charge in [0.1, 0.15) is 5.60 Å². The number of imide groups is 1. The largest absolute Gasteiger partial charge is 0.444 e. The molecule has 1 unspecified atom stereocenters. The maximum absolute atomic E-state index is 12.5. The summed E-state index contributed by atoms with van der Waals surface area (Å²) >= 11 is 0. The third-order valence-corrected chi connectivity index (χ3v) is 9.83. The van der Waals surface area contributed by atoms with Gasteiger partial charge < -0.3 is 14.5 Å². The molecule has 0 spiro atoms. The number of amides is 3. The van der Waals surface area contributed by atoms with Gasteiger partial charge in [0.25, 0.3) is 11.8 Å². The average Bonchev–Trinajstić information content (AvgIpc) is 2.86. The van der Waals surface area contributed by atoms with Crippen LogP contribution in [-0.4, -0.2) is 56.1 Å². The molecule has 0 saturated carbocycles. The van der Waals surface area contributed by atoms with Gasteiger partial charge in [0.05, 0.1) is 30.4 Å². The predicted molar refractivity (Wildman–Crippen MR) is 119 cm³/mol.